The molecule has 1 aliphatic heterocycles. The molecule has 0 aromatic carbocycles. The molecule has 0 saturated carbocycles. The maximum Gasteiger partial charge on any atom is 0.241 e. The van der Waals surface area contributed by atoms with Crippen molar-refractivity contribution >= 4 is 5.91 Å². The lowest BCUT2D eigenvalue weighted by molar-refractivity contribution is -0.131. The van der Waals surface area contributed by atoms with Gasteiger partial charge >= 0.3 is 0 Å². The summed E-state index contributed by atoms with van der Waals surface area (Å²) in [5, 5.41) is 3.56. The molecule has 1 fully saturated rings. The highest BCUT2D eigenvalue weighted by molar-refractivity contribution is 5.84. The fraction of sp³-hybridized carbons (Fsp3) is 0.938. The van der Waals surface area contributed by atoms with Crippen LogP contribution in [0.25, 0.3) is 0 Å². The summed E-state index contributed by atoms with van der Waals surface area (Å²) in [7, 11) is 0. The average molecular weight is 283 g/mol. The maximum absolute atomic E-state index is 12.7. The smallest absolute Gasteiger partial charge is 0.241 e. The van der Waals surface area contributed by atoms with E-state index in [4.69, 9.17) is 0 Å². The largest absolute Gasteiger partial charge is 0.324 e. The number of amides is 1. The van der Waals surface area contributed by atoms with Crippen molar-refractivity contribution in [2.75, 3.05) is 26.2 Å². The molecule has 20 heavy (non-hydrogen) atoms. The third kappa shape index (κ3) is 3.95. The minimum Gasteiger partial charge on any atom is -0.324 e. The normalized spacial score (nSPS) is 25.0. The number of likely N-dealkylation sites (N-methyl/N-ethyl adjacent to an activating group) is 1. The number of hydrogen-bond acceptors (Lipinski definition) is 3. The Morgan fingerprint density at radius 2 is 1.80 bits per heavy atom. The maximum atomic E-state index is 12.7. The summed E-state index contributed by atoms with van der Waals surface area (Å²) in [6.45, 7) is 17.0. The summed E-state index contributed by atoms with van der Waals surface area (Å²) in [4.78, 5) is 17.1. The van der Waals surface area contributed by atoms with Crippen LogP contribution in [0.5, 0.6) is 0 Å². The Morgan fingerprint density at radius 1 is 1.20 bits per heavy atom. The SMILES string of the molecule is CCC(C)C1NC(C(C)C)N(CCN(CC)CC)C1=O. The van der Waals surface area contributed by atoms with Crippen LogP contribution in [0.3, 0.4) is 0 Å². The molecule has 0 radical (unpaired) electrons. The van der Waals surface area contributed by atoms with Crippen molar-refractivity contribution in [3.63, 3.8) is 0 Å². The van der Waals surface area contributed by atoms with E-state index < -0.39 is 0 Å². The molecule has 0 aromatic rings. The van der Waals surface area contributed by atoms with Gasteiger partial charge in [0.15, 0.2) is 0 Å². The molecular weight excluding hydrogens is 250 g/mol. The number of hydrogen-bond donors (Lipinski definition) is 1. The lowest BCUT2D eigenvalue weighted by atomic mass is 9.99. The fourth-order valence-electron chi connectivity index (χ4n) is 2.89. The first-order valence-corrected chi connectivity index (χ1v) is 8.25. The van der Waals surface area contributed by atoms with Crippen LogP contribution in [0.4, 0.5) is 0 Å². The van der Waals surface area contributed by atoms with Gasteiger partial charge in [0, 0.05) is 13.1 Å². The zero-order valence-corrected chi connectivity index (χ0v) is 14.1. The van der Waals surface area contributed by atoms with Crippen molar-refractivity contribution in [1.82, 2.24) is 15.1 Å². The van der Waals surface area contributed by atoms with Gasteiger partial charge in [-0.3, -0.25) is 10.1 Å². The summed E-state index contributed by atoms with van der Waals surface area (Å²) < 4.78 is 0. The van der Waals surface area contributed by atoms with E-state index in [0.29, 0.717) is 17.7 Å². The zero-order valence-electron chi connectivity index (χ0n) is 14.1. The van der Waals surface area contributed by atoms with Crippen LogP contribution < -0.4 is 5.32 Å². The second kappa shape index (κ2) is 7.99. The van der Waals surface area contributed by atoms with Crippen LogP contribution in [0, 0.1) is 11.8 Å². The van der Waals surface area contributed by atoms with E-state index >= 15 is 0 Å². The van der Waals surface area contributed by atoms with Crippen LogP contribution in [0.1, 0.15) is 48.0 Å². The Morgan fingerprint density at radius 3 is 2.25 bits per heavy atom. The standard InChI is InChI=1S/C16H33N3O/c1-7-13(6)14-16(20)19(15(17-14)12(4)5)11-10-18(8-2)9-3/h12-15,17H,7-11H2,1-6H3. The first-order chi connectivity index (χ1) is 9.46. The van der Waals surface area contributed by atoms with Crippen LogP contribution in [-0.4, -0.2) is 54.1 Å². The summed E-state index contributed by atoms with van der Waals surface area (Å²) in [6.07, 6.45) is 1.23. The molecule has 118 valence electrons. The molecule has 4 nitrogen and oxygen atoms in total. The second-order valence-corrected chi connectivity index (χ2v) is 6.28. The molecular formula is C16H33N3O. The van der Waals surface area contributed by atoms with Crippen molar-refractivity contribution in [3.8, 4) is 0 Å². The van der Waals surface area contributed by atoms with E-state index in [0.717, 1.165) is 32.6 Å². The highest BCUT2D eigenvalue weighted by atomic mass is 16.2. The second-order valence-electron chi connectivity index (χ2n) is 6.28. The predicted molar refractivity (Wildman–Crippen MR) is 84.5 cm³/mol. The third-order valence-corrected chi connectivity index (χ3v) is 4.63. The Balaban J connectivity index is 2.72. The highest BCUT2D eigenvalue weighted by Gasteiger charge is 2.41. The van der Waals surface area contributed by atoms with Gasteiger partial charge in [0.1, 0.15) is 0 Å². The van der Waals surface area contributed by atoms with Gasteiger partial charge in [-0.1, -0.05) is 48.0 Å². The number of carbonyl (C=O) groups is 1. The predicted octanol–water partition coefficient (Wildman–Crippen LogP) is 2.16. The first kappa shape index (κ1) is 17.4. The monoisotopic (exact) mass is 283 g/mol. The van der Waals surface area contributed by atoms with Gasteiger partial charge in [0.25, 0.3) is 0 Å². The van der Waals surface area contributed by atoms with Crippen molar-refractivity contribution in [1.29, 1.82) is 0 Å². The number of rotatable bonds is 8. The van der Waals surface area contributed by atoms with Crippen molar-refractivity contribution in [3.05, 3.63) is 0 Å². The summed E-state index contributed by atoms with van der Waals surface area (Å²) in [5.74, 6) is 1.15. The minimum absolute atomic E-state index is 0.00380. The summed E-state index contributed by atoms with van der Waals surface area (Å²) >= 11 is 0. The van der Waals surface area contributed by atoms with Gasteiger partial charge in [-0.05, 0) is 24.9 Å². The van der Waals surface area contributed by atoms with Gasteiger partial charge in [-0.25, -0.2) is 0 Å². The van der Waals surface area contributed by atoms with Crippen LogP contribution in [-0.2, 0) is 4.79 Å². The van der Waals surface area contributed by atoms with Crippen molar-refractivity contribution in [2.24, 2.45) is 11.8 Å². The van der Waals surface area contributed by atoms with E-state index in [1.807, 2.05) is 0 Å². The van der Waals surface area contributed by atoms with E-state index in [2.05, 4.69) is 56.7 Å². The Hall–Kier alpha value is -0.610. The molecule has 1 rings (SSSR count). The molecule has 0 bridgehead atoms. The van der Waals surface area contributed by atoms with Gasteiger partial charge in [0.05, 0.1) is 12.2 Å². The van der Waals surface area contributed by atoms with Crippen molar-refractivity contribution in [2.45, 2.75) is 60.2 Å². The van der Waals surface area contributed by atoms with Gasteiger partial charge < -0.3 is 9.80 Å². The number of carbonyl (C=O) groups excluding carboxylic acids is 1. The Kier molecular flexibility index (Phi) is 6.96. The minimum atomic E-state index is 0.00380. The van der Waals surface area contributed by atoms with E-state index in [9.17, 15) is 4.79 Å². The average Bonchev–Trinajstić information content (AvgIpc) is 2.77. The lowest BCUT2D eigenvalue weighted by Gasteiger charge is -2.29. The summed E-state index contributed by atoms with van der Waals surface area (Å²) in [5.41, 5.74) is 0. The van der Waals surface area contributed by atoms with Gasteiger partial charge in [-0.15, -0.1) is 0 Å². The van der Waals surface area contributed by atoms with E-state index in [1.165, 1.54) is 0 Å². The first-order valence-electron chi connectivity index (χ1n) is 8.25. The fourth-order valence-corrected chi connectivity index (χ4v) is 2.89. The van der Waals surface area contributed by atoms with Gasteiger partial charge in [0.2, 0.25) is 5.91 Å². The van der Waals surface area contributed by atoms with E-state index in [-0.39, 0.29) is 12.2 Å². The molecule has 4 heteroatoms. The molecule has 3 atom stereocenters. The number of nitrogens with one attached hydrogen (secondary N) is 1. The topological polar surface area (TPSA) is 35.6 Å². The molecule has 3 unspecified atom stereocenters. The summed E-state index contributed by atoms with van der Waals surface area (Å²) in [6, 6.07) is 0.00380. The Labute approximate surface area is 124 Å². The molecule has 1 aliphatic rings. The van der Waals surface area contributed by atoms with Gasteiger partial charge in [-0.2, -0.15) is 0 Å². The number of nitrogens with zero attached hydrogens (tertiary/aromatic N) is 2. The third-order valence-electron chi connectivity index (χ3n) is 4.63. The van der Waals surface area contributed by atoms with Crippen LogP contribution in [0.15, 0.2) is 0 Å². The van der Waals surface area contributed by atoms with Crippen molar-refractivity contribution < 1.29 is 4.79 Å². The molecule has 1 amide bonds. The molecule has 1 saturated heterocycles. The Bertz CT molecular complexity index is 302. The molecule has 0 aliphatic carbocycles. The zero-order chi connectivity index (χ0) is 15.3. The molecule has 1 N–H and O–H groups in total. The molecule has 1 heterocycles. The van der Waals surface area contributed by atoms with E-state index in [1.54, 1.807) is 0 Å². The molecule has 0 spiro atoms. The van der Waals surface area contributed by atoms with Crippen LogP contribution >= 0.6 is 0 Å². The molecule has 0 aromatic heterocycles. The lowest BCUT2D eigenvalue weighted by Crippen LogP contribution is -2.45. The highest BCUT2D eigenvalue weighted by Crippen LogP contribution is 2.23. The van der Waals surface area contributed by atoms with Crippen LogP contribution in [0.2, 0.25) is 0 Å². The quantitative estimate of drug-likeness (QED) is 0.741.